The van der Waals surface area contributed by atoms with Gasteiger partial charge in [0.2, 0.25) is 0 Å². The number of imidazole rings is 1. The van der Waals surface area contributed by atoms with Crippen molar-refractivity contribution in [3.63, 3.8) is 0 Å². The first kappa shape index (κ1) is 18.1. The molecule has 3 nitrogen and oxygen atoms in total. The van der Waals surface area contributed by atoms with Gasteiger partial charge in [-0.1, -0.05) is 36.4 Å². The van der Waals surface area contributed by atoms with Crippen LogP contribution in [-0.2, 0) is 14.1 Å². The summed E-state index contributed by atoms with van der Waals surface area (Å²) in [7, 11) is 4.30. The predicted molar refractivity (Wildman–Crippen MR) is 122 cm³/mol. The van der Waals surface area contributed by atoms with E-state index in [-0.39, 0.29) is 0 Å². The van der Waals surface area contributed by atoms with Crippen LogP contribution in [0, 0.1) is 20.8 Å². The van der Waals surface area contributed by atoms with Crippen molar-refractivity contribution in [1.29, 1.82) is 0 Å². The van der Waals surface area contributed by atoms with E-state index in [0.717, 1.165) is 10.5 Å². The highest BCUT2D eigenvalue weighted by atomic mass is 32.1. The van der Waals surface area contributed by atoms with Crippen molar-refractivity contribution in [3.8, 4) is 22.0 Å². The molecule has 0 radical (unpaired) electrons. The molecular weight excluding hydrogens is 374 g/mol. The summed E-state index contributed by atoms with van der Waals surface area (Å²) in [5.74, 6) is 1.19. The fourth-order valence-electron chi connectivity index (χ4n) is 4.46. The highest BCUT2D eigenvalue weighted by Crippen LogP contribution is 2.39. The van der Waals surface area contributed by atoms with Crippen LogP contribution < -0.4 is 4.57 Å². The molecule has 0 saturated carbocycles. The van der Waals surface area contributed by atoms with Crippen LogP contribution in [0.3, 0.4) is 0 Å². The van der Waals surface area contributed by atoms with Crippen molar-refractivity contribution in [1.82, 2.24) is 9.55 Å². The summed E-state index contributed by atoms with van der Waals surface area (Å²) in [4.78, 5) is 5.19. The van der Waals surface area contributed by atoms with Gasteiger partial charge in [-0.15, -0.1) is 11.3 Å². The fraction of sp³-hybridized carbons (Fsp3) is 0.200. The Hall–Kier alpha value is -2.98. The van der Waals surface area contributed by atoms with E-state index in [0.29, 0.717) is 0 Å². The summed E-state index contributed by atoms with van der Waals surface area (Å²) in [5.41, 5.74) is 9.83. The third-order valence-corrected chi connectivity index (χ3v) is 6.97. The lowest BCUT2D eigenvalue weighted by Crippen LogP contribution is -2.30. The monoisotopic (exact) mass is 398 g/mol. The van der Waals surface area contributed by atoms with Gasteiger partial charge in [0.05, 0.1) is 29.9 Å². The number of hydrogen-bond acceptors (Lipinski definition) is 2. The van der Waals surface area contributed by atoms with Crippen molar-refractivity contribution in [2.75, 3.05) is 0 Å². The van der Waals surface area contributed by atoms with Crippen LogP contribution in [0.1, 0.15) is 16.7 Å². The zero-order valence-corrected chi connectivity index (χ0v) is 18.3. The molecule has 0 aliphatic rings. The van der Waals surface area contributed by atoms with Crippen molar-refractivity contribution in [3.05, 3.63) is 71.3 Å². The molecule has 0 N–H and O–H groups in total. The third-order valence-electron chi connectivity index (χ3n) is 5.93. The highest BCUT2D eigenvalue weighted by molar-refractivity contribution is 7.21. The molecule has 2 heterocycles. The second-order valence-electron chi connectivity index (χ2n) is 7.82. The standard InChI is InChI=1S/C25H24N3S/c1-15-9-8-10-16(2)21(15)24-26-23-20(29-24)14-13-17(3)22(23)25-27(4)18-11-6-7-12-19(18)28(25)5/h6-14H,1-5H3/q+1. The molecule has 0 bridgehead atoms. The van der Waals surface area contributed by atoms with E-state index in [1.165, 1.54) is 49.4 Å². The van der Waals surface area contributed by atoms with Gasteiger partial charge >= 0.3 is 0 Å². The van der Waals surface area contributed by atoms with E-state index in [1.54, 1.807) is 11.3 Å². The molecule has 4 heteroatoms. The summed E-state index contributed by atoms with van der Waals surface area (Å²) in [5, 5.41) is 1.10. The van der Waals surface area contributed by atoms with Crippen LogP contribution in [0.5, 0.6) is 0 Å². The van der Waals surface area contributed by atoms with E-state index in [4.69, 9.17) is 4.98 Å². The number of fused-ring (bicyclic) bond motifs is 2. The van der Waals surface area contributed by atoms with E-state index in [1.807, 2.05) is 0 Å². The van der Waals surface area contributed by atoms with Gasteiger partial charge in [-0.2, -0.15) is 0 Å². The zero-order chi connectivity index (χ0) is 20.3. The number of para-hydroxylation sites is 2. The Kier molecular flexibility index (Phi) is 4.07. The van der Waals surface area contributed by atoms with E-state index < -0.39 is 0 Å². The molecule has 5 rings (SSSR count). The number of aromatic nitrogens is 3. The number of benzene rings is 3. The van der Waals surface area contributed by atoms with Crippen LogP contribution >= 0.6 is 11.3 Å². The molecule has 0 unspecified atom stereocenters. The number of thiazole rings is 1. The molecular formula is C25H24N3S+. The molecule has 5 aromatic rings. The van der Waals surface area contributed by atoms with Crippen LogP contribution in [0.4, 0.5) is 0 Å². The van der Waals surface area contributed by atoms with Crippen LogP contribution in [0.15, 0.2) is 54.6 Å². The zero-order valence-electron chi connectivity index (χ0n) is 17.4. The van der Waals surface area contributed by atoms with Crippen LogP contribution in [0.25, 0.3) is 43.2 Å². The van der Waals surface area contributed by atoms with E-state index >= 15 is 0 Å². The number of nitrogens with zero attached hydrogens (tertiary/aromatic N) is 3. The lowest BCUT2D eigenvalue weighted by atomic mass is 10.0. The SMILES string of the molecule is Cc1cccc(C)c1-c1nc2c(-c3n(C)c4ccccc4[n+]3C)c(C)ccc2s1. The van der Waals surface area contributed by atoms with Crippen LogP contribution in [-0.4, -0.2) is 9.55 Å². The number of aryl methyl sites for hydroxylation is 5. The summed E-state index contributed by atoms with van der Waals surface area (Å²) in [6.07, 6.45) is 0. The van der Waals surface area contributed by atoms with Gasteiger partial charge < -0.3 is 0 Å². The van der Waals surface area contributed by atoms with Crippen molar-refractivity contribution in [2.45, 2.75) is 20.8 Å². The van der Waals surface area contributed by atoms with Crippen molar-refractivity contribution in [2.24, 2.45) is 14.1 Å². The van der Waals surface area contributed by atoms with Crippen LogP contribution in [0.2, 0.25) is 0 Å². The average molecular weight is 399 g/mol. The normalized spacial score (nSPS) is 11.6. The average Bonchev–Trinajstić information content (AvgIpc) is 3.22. The van der Waals surface area contributed by atoms with Crippen molar-refractivity contribution < 1.29 is 4.57 Å². The maximum absolute atomic E-state index is 5.19. The molecule has 0 fully saturated rings. The van der Waals surface area contributed by atoms with Gasteiger partial charge in [-0.05, 0) is 55.7 Å². The molecule has 0 aliphatic heterocycles. The maximum atomic E-state index is 5.19. The Bertz CT molecular complexity index is 1350. The first-order valence-electron chi connectivity index (χ1n) is 9.88. The summed E-state index contributed by atoms with van der Waals surface area (Å²) < 4.78 is 5.80. The number of hydrogen-bond donors (Lipinski definition) is 0. The summed E-state index contributed by atoms with van der Waals surface area (Å²) in [6, 6.07) is 19.5. The predicted octanol–water partition coefficient (Wildman–Crippen LogP) is 5.87. The maximum Gasteiger partial charge on any atom is 0.291 e. The molecule has 0 aliphatic carbocycles. The minimum Gasteiger partial charge on any atom is -0.235 e. The highest BCUT2D eigenvalue weighted by Gasteiger charge is 2.26. The summed E-state index contributed by atoms with van der Waals surface area (Å²) in [6.45, 7) is 6.53. The Morgan fingerprint density at radius 1 is 0.828 bits per heavy atom. The Balaban J connectivity index is 1.85. The van der Waals surface area contributed by atoms with E-state index in [9.17, 15) is 0 Å². The number of rotatable bonds is 2. The molecule has 29 heavy (non-hydrogen) atoms. The lowest BCUT2D eigenvalue weighted by Gasteiger charge is -2.06. The van der Waals surface area contributed by atoms with Gasteiger partial charge in [0, 0.05) is 5.56 Å². The Labute approximate surface area is 174 Å². The first-order valence-corrected chi connectivity index (χ1v) is 10.7. The minimum atomic E-state index is 1.09. The van der Waals surface area contributed by atoms with Gasteiger partial charge in [-0.3, -0.25) is 0 Å². The Morgan fingerprint density at radius 3 is 2.24 bits per heavy atom. The van der Waals surface area contributed by atoms with Gasteiger partial charge in [-0.25, -0.2) is 14.1 Å². The van der Waals surface area contributed by atoms with Gasteiger partial charge in [0.15, 0.2) is 11.0 Å². The molecule has 0 spiro atoms. The fourth-order valence-corrected chi connectivity index (χ4v) is 5.61. The summed E-state index contributed by atoms with van der Waals surface area (Å²) >= 11 is 1.79. The molecule has 0 saturated heterocycles. The third kappa shape index (κ3) is 2.63. The smallest absolute Gasteiger partial charge is 0.235 e. The van der Waals surface area contributed by atoms with E-state index in [2.05, 4.69) is 98.6 Å². The van der Waals surface area contributed by atoms with Crippen molar-refractivity contribution >= 4 is 32.6 Å². The molecule has 2 aromatic heterocycles. The lowest BCUT2D eigenvalue weighted by molar-refractivity contribution is -0.634. The van der Waals surface area contributed by atoms with Gasteiger partial charge in [0.25, 0.3) is 5.82 Å². The molecule has 144 valence electrons. The topological polar surface area (TPSA) is 21.7 Å². The quantitative estimate of drug-likeness (QED) is 0.341. The Morgan fingerprint density at radius 2 is 1.52 bits per heavy atom. The second kappa shape index (κ2) is 6.53. The molecule has 0 atom stereocenters. The molecule has 0 amide bonds. The minimum absolute atomic E-state index is 1.09. The molecule has 3 aromatic carbocycles. The second-order valence-corrected chi connectivity index (χ2v) is 8.85. The first-order chi connectivity index (χ1) is 14.0. The van der Waals surface area contributed by atoms with Gasteiger partial charge in [0.1, 0.15) is 5.01 Å². The largest absolute Gasteiger partial charge is 0.291 e.